The molecule has 8 heteroatoms. The molecule has 4 aromatic rings. The van der Waals surface area contributed by atoms with Gasteiger partial charge in [-0.05, 0) is 83.2 Å². The van der Waals surface area contributed by atoms with Crippen LogP contribution in [0.1, 0.15) is 29.7 Å². The van der Waals surface area contributed by atoms with Gasteiger partial charge < -0.3 is 24.8 Å². The SMILES string of the molecule is Cc1cc2c(C)c(Oc3ncnc(Nc4ccc(N5CCC(N(C)C)CC5)cc4)c3C#N)ccc2[nH]1. The summed E-state index contributed by atoms with van der Waals surface area (Å²) in [7, 11) is 4.31. The van der Waals surface area contributed by atoms with Crippen molar-refractivity contribution in [2.75, 3.05) is 37.4 Å². The van der Waals surface area contributed by atoms with E-state index in [0.717, 1.165) is 40.9 Å². The van der Waals surface area contributed by atoms with E-state index < -0.39 is 0 Å². The number of hydrogen-bond acceptors (Lipinski definition) is 7. The average Bonchev–Trinajstić information content (AvgIpc) is 3.27. The third kappa shape index (κ3) is 4.70. The average molecular weight is 482 g/mol. The summed E-state index contributed by atoms with van der Waals surface area (Å²) in [4.78, 5) is 16.6. The summed E-state index contributed by atoms with van der Waals surface area (Å²) in [5.74, 6) is 1.30. The topological polar surface area (TPSA) is 93.1 Å². The standard InChI is InChI=1S/C28H31N7O/c1-18-15-23-19(2)26(10-9-25(23)32-18)36-28-24(16-29)27(30-17-31-28)33-20-5-7-22(8-6-20)35-13-11-21(12-14-35)34(3)4/h5-10,15,17,21,32H,11-14H2,1-4H3,(H,30,31,33). The molecule has 2 N–H and O–H groups in total. The molecule has 1 fully saturated rings. The first-order valence-corrected chi connectivity index (χ1v) is 12.2. The maximum absolute atomic E-state index is 9.91. The number of aryl methyl sites for hydroxylation is 2. The summed E-state index contributed by atoms with van der Waals surface area (Å²) in [6.45, 7) is 6.13. The molecular weight excluding hydrogens is 450 g/mol. The second-order valence-electron chi connectivity index (χ2n) is 9.57. The number of nitrogens with zero attached hydrogens (tertiary/aromatic N) is 5. The van der Waals surface area contributed by atoms with E-state index in [1.54, 1.807) is 0 Å². The first kappa shape index (κ1) is 23.6. The normalized spacial score (nSPS) is 14.3. The molecule has 2 aromatic carbocycles. The Hall–Kier alpha value is -4.09. The van der Waals surface area contributed by atoms with Gasteiger partial charge in [-0.15, -0.1) is 0 Å². The molecule has 0 spiro atoms. The van der Waals surface area contributed by atoms with E-state index in [0.29, 0.717) is 17.6 Å². The van der Waals surface area contributed by atoms with Crippen LogP contribution >= 0.6 is 0 Å². The Labute approximate surface area is 211 Å². The first-order chi connectivity index (χ1) is 17.4. The fourth-order valence-corrected chi connectivity index (χ4v) is 4.86. The summed E-state index contributed by atoms with van der Waals surface area (Å²) in [5, 5.41) is 14.3. The molecule has 1 saturated heterocycles. The number of nitrogens with one attached hydrogen (secondary N) is 2. The number of rotatable bonds is 6. The van der Waals surface area contributed by atoms with Crippen LogP contribution in [0.4, 0.5) is 17.2 Å². The molecule has 1 aliphatic heterocycles. The van der Waals surface area contributed by atoms with Crippen molar-refractivity contribution in [1.82, 2.24) is 19.9 Å². The lowest BCUT2D eigenvalue weighted by atomic mass is 10.0. The van der Waals surface area contributed by atoms with Crippen molar-refractivity contribution in [3.63, 3.8) is 0 Å². The molecule has 0 amide bonds. The maximum Gasteiger partial charge on any atom is 0.242 e. The fraction of sp³-hybridized carbons (Fsp3) is 0.321. The second kappa shape index (κ2) is 9.88. The van der Waals surface area contributed by atoms with Crippen molar-refractivity contribution >= 4 is 28.1 Å². The zero-order valence-electron chi connectivity index (χ0n) is 21.2. The van der Waals surface area contributed by atoms with Gasteiger partial charge in [-0.25, -0.2) is 9.97 Å². The molecule has 36 heavy (non-hydrogen) atoms. The van der Waals surface area contributed by atoms with Crippen LogP contribution in [0.15, 0.2) is 48.8 Å². The number of aromatic amines is 1. The number of piperidine rings is 1. The highest BCUT2D eigenvalue weighted by Crippen LogP contribution is 2.33. The number of fused-ring (bicyclic) bond motifs is 1. The van der Waals surface area contributed by atoms with Gasteiger partial charge in [0, 0.05) is 52.7 Å². The number of benzene rings is 2. The van der Waals surface area contributed by atoms with E-state index >= 15 is 0 Å². The number of aromatic nitrogens is 3. The summed E-state index contributed by atoms with van der Waals surface area (Å²) in [6, 6.07) is 17.1. The number of hydrogen-bond donors (Lipinski definition) is 2. The van der Waals surface area contributed by atoms with Gasteiger partial charge in [0.15, 0.2) is 11.4 Å². The van der Waals surface area contributed by atoms with E-state index in [-0.39, 0.29) is 11.4 Å². The van der Waals surface area contributed by atoms with Gasteiger partial charge in [0.2, 0.25) is 5.88 Å². The van der Waals surface area contributed by atoms with E-state index in [4.69, 9.17) is 4.74 Å². The molecule has 1 aliphatic rings. The molecule has 184 valence electrons. The van der Waals surface area contributed by atoms with Crippen molar-refractivity contribution in [2.45, 2.75) is 32.7 Å². The zero-order chi connectivity index (χ0) is 25.2. The molecule has 0 atom stereocenters. The lowest BCUT2D eigenvalue weighted by molar-refractivity contribution is 0.249. The predicted molar refractivity (Wildman–Crippen MR) is 143 cm³/mol. The molecule has 0 radical (unpaired) electrons. The Morgan fingerprint density at radius 1 is 1.08 bits per heavy atom. The molecule has 0 aliphatic carbocycles. The minimum atomic E-state index is 0.227. The van der Waals surface area contributed by atoms with Crippen molar-refractivity contribution in [2.24, 2.45) is 0 Å². The van der Waals surface area contributed by atoms with Crippen molar-refractivity contribution in [1.29, 1.82) is 5.26 Å². The van der Waals surface area contributed by atoms with Gasteiger partial charge in [0.1, 0.15) is 18.1 Å². The van der Waals surface area contributed by atoms with Crippen LogP contribution in [-0.2, 0) is 0 Å². The third-order valence-electron chi connectivity index (χ3n) is 6.98. The predicted octanol–water partition coefficient (Wildman–Crippen LogP) is 5.51. The smallest absolute Gasteiger partial charge is 0.242 e. The second-order valence-corrected chi connectivity index (χ2v) is 9.57. The number of nitriles is 1. The van der Waals surface area contributed by atoms with Gasteiger partial charge in [-0.3, -0.25) is 0 Å². The van der Waals surface area contributed by atoms with Crippen LogP contribution in [-0.4, -0.2) is 53.1 Å². The molecule has 2 aromatic heterocycles. The number of H-pyrrole nitrogens is 1. The number of anilines is 3. The van der Waals surface area contributed by atoms with Gasteiger partial charge >= 0.3 is 0 Å². The van der Waals surface area contributed by atoms with Crippen LogP contribution in [0.3, 0.4) is 0 Å². The highest BCUT2D eigenvalue weighted by atomic mass is 16.5. The summed E-state index contributed by atoms with van der Waals surface area (Å²) >= 11 is 0. The Morgan fingerprint density at radius 2 is 1.83 bits per heavy atom. The highest BCUT2D eigenvalue weighted by Gasteiger charge is 2.21. The van der Waals surface area contributed by atoms with Gasteiger partial charge in [-0.1, -0.05) is 0 Å². The van der Waals surface area contributed by atoms with Crippen LogP contribution < -0.4 is 15.0 Å². The van der Waals surface area contributed by atoms with Gasteiger partial charge in [-0.2, -0.15) is 5.26 Å². The van der Waals surface area contributed by atoms with Crippen molar-refractivity contribution in [3.8, 4) is 17.7 Å². The summed E-state index contributed by atoms with van der Waals surface area (Å²) in [6.07, 6.45) is 3.74. The molecule has 0 saturated carbocycles. The Morgan fingerprint density at radius 3 is 2.53 bits per heavy atom. The largest absolute Gasteiger partial charge is 0.437 e. The van der Waals surface area contributed by atoms with E-state index in [1.165, 1.54) is 24.9 Å². The minimum Gasteiger partial charge on any atom is -0.437 e. The first-order valence-electron chi connectivity index (χ1n) is 12.2. The van der Waals surface area contributed by atoms with Gasteiger partial charge in [0.05, 0.1) is 0 Å². The van der Waals surface area contributed by atoms with Gasteiger partial charge in [0.25, 0.3) is 0 Å². The molecule has 5 rings (SSSR count). The summed E-state index contributed by atoms with van der Waals surface area (Å²) < 4.78 is 6.11. The minimum absolute atomic E-state index is 0.227. The van der Waals surface area contributed by atoms with Crippen molar-refractivity contribution < 1.29 is 4.74 Å². The van der Waals surface area contributed by atoms with Crippen LogP contribution in [0.2, 0.25) is 0 Å². The lowest BCUT2D eigenvalue weighted by Gasteiger charge is -2.36. The molecular formula is C28H31N7O. The zero-order valence-corrected chi connectivity index (χ0v) is 21.2. The third-order valence-corrected chi connectivity index (χ3v) is 6.98. The van der Waals surface area contributed by atoms with E-state index in [9.17, 15) is 5.26 Å². The molecule has 0 bridgehead atoms. The monoisotopic (exact) mass is 481 g/mol. The highest BCUT2D eigenvalue weighted by molar-refractivity contribution is 5.86. The van der Waals surface area contributed by atoms with Crippen LogP contribution in [0, 0.1) is 25.2 Å². The molecule has 8 nitrogen and oxygen atoms in total. The Bertz CT molecular complexity index is 1410. The maximum atomic E-state index is 9.91. The van der Waals surface area contributed by atoms with E-state index in [2.05, 4.69) is 68.4 Å². The quantitative estimate of drug-likeness (QED) is 0.375. The van der Waals surface area contributed by atoms with E-state index in [1.807, 2.05) is 38.1 Å². The molecule has 0 unspecified atom stereocenters. The molecule has 3 heterocycles. The fourth-order valence-electron chi connectivity index (χ4n) is 4.86. The van der Waals surface area contributed by atoms with Crippen molar-refractivity contribution in [3.05, 3.63) is 65.6 Å². The van der Waals surface area contributed by atoms with Crippen LogP contribution in [0.25, 0.3) is 10.9 Å². The summed E-state index contributed by atoms with van der Waals surface area (Å²) in [5.41, 5.74) is 5.43. The Balaban J connectivity index is 1.33. The van der Waals surface area contributed by atoms with Crippen LogP contribution in [0.5, 0.6) is 11.6 Å². The lowest BCUT2D eigenvalue weighted by Crippen LogP contribution is -2.41. The number of ether oxygens (including phenoxy) is 1. The Kier molecular flexibility index (Phi) is 6.49.